The monoisotopic (exact) mass is 237 g/mol. The molecule has 1 aliphatic heterocycles. The Morgan fingerprint density at radius 1 is 1.41 bits per heavy atom. The van der Waals surface area contributed by atoms with Gasteiger partial charge in [-0.1, -0.05) is 19.1 Å². The van der Waals surface area contributed by atoms with Crippen LogP contribution in [0.15, 0.2) is 18.2 Å². The summed E-state index contributed by atoms with van der Waals surface area (Å²) in [7, 11) is 0. The van der Waals surface area contributed by atoms with Crippen molar-refractivity contribution in [2.45, 2.75) is 32.4 Å². The molecule has 94 valence electrons. The predicted octanol–water partition coefficient (Wildman–Crippen LogP) is 1.67. The van der Waals surface area contributed by atoms with Crippen molar-refractivity contribution in [2.75, 3.05) is 13.3 Å². The fourth-order valence-corrected chi connectivity index (χ4v) is 1.72. The topological polar surface area (TPSA) is 50.7 Å². The number of benzene rings is 1. The van der Waals surface area contributed by atoms with E-state index >= 15 is 0 Å². The number of rotatable bonds is 5. The molecule has 2 rings (SSSR count). The van der Waals surface area contributed by atoms with E-state index in [0.29, 0.717) is 19.9 Å². The molecular weight excluding hydrogens is 218 g/mol. The summed E-state index contributed by atoms with van der Waals surface area (Å²) >= 11 is 0. The van der Waals surface area contributed by atoms with E-state index in [-0.39, 0.29) is 0 Å². The van der Waals surface area contributed by atoms with Crippen LogP contribution >= 0.6 is 0 Å². The zero-order chi connectivity index (χ0) is 12.3. The molecular formula is C13H19NO3. The SMILES string of the molecule is CCC(C)(O)CNCc1cccc2c1OCO2. The lowest BCUT2D eigenvalue weighted by Crippen LogP contribution is -2.36. The Balaban J connectivity index is 1.94. The molecule has 0 radical (unpaired) electrons. The first-order chi connectivity index (χ1) is 8.12. The number of ether oxygens (including phenoxy) is 2. The summed E-state index contributed by atoms with van der Waals surface area (Å²) in [5, 5.41) is 13.1. The van der Waals surface area contributed by atoms with Gasteiger partial charge >= 0.3 is 0 Å². The first-order valence-electron chi connectivity index (χ1n) is 5.93. The molecule has 0 saturated carbocycles. The average Bonchev–Trinajstić information content (AvgIpc) is 2.78. The summed E-state index contributed by atoms with van der Waals surface area (Å²) in [6, 6.07) is 5.84. The van der Waals surface area contributed by atoms with Crippen molar-refractivity contribution in [3.63, 3.8) is 0 Å². The van der Waals surface area contributed by atoms with Gasteiger partial charge in [-0.15, -0.1) is 0 Å². The minimum absolute atomic E-state index is 0.291. The van der Waals surface area contributed by atoms with Crippen LogP contribution < -0.4 is 14.8 Å². The number of hydrogen-bond acceptors (Lipinski definition) is 4. The molecule has 0 aliphatic carbocycles. The Hall–Kier alpha value is -1.26. The highest BCUT2D eigenvalue weighted by Gasteiger charge is 2.19. The van der Waals surface area contributed by atoms with E-state index < -0.39 is 5.60 Å². The highest BCUT2D eigenvalue weighted by Crippen LogP contribution is 2.35. The molecule has 0 fully saturated rings. The maximum atomic E-state index is 9.88. The summed E-state index contributed by atoms with van der Waals surface area (Å²) < 4.78 is 10.7. The van der Waals surface area contributed by atoms with Crippen molar-refractivity contribution in [3.05, 3.63) is 23.8 Å². The molecule has 1 heterocycles. The molecule has 4 nitrogen and oxygen atoms in total. The van der Waals surface area contributed by atoms with Gasteiger partial charge in [0.25, 0.3) is 0 Å². The molecule has 1 aromatic rings. The fraction of sp³-hybridized carbons (Fsp3) is 0.538. The Morgan fingerprint density at radius 2 is 2.24 bits per heavy atom. The van der Waals surface area contributed by atoms with Crippen LogP contribution in [-0.4, -0.2) is 24.0 Å². The smallest absolute Gasteiger partial charge is 0.231 e. The maximum Gasteiger partial charge on any atom is 0.231 e. The van der Waals surface area contributed by atoms with Crippen molar-refractivity contribution < 1.29 is 14.6 Å². The van der Waals surface area contributed by atoms with Crippen LogP contribution in [0.4, 0.5) is 0 Å². The van der Waals surface area contributed by atoms with Crippen LogP contribution in [0.3, 0.4) is 0 Å². The van der Waals surface area contributed by atoms with Crippen molar-refractivity contribution in [3.8, 4) is 11.5 Å². The second-order valence-electron chi connectivity index (χ2n) is 4.60. The second kappa shape index (κ2) is 4.94. The van der Waals surface area contributed by atoms with Crippen LogP contribution in [-0.2, 0) is 6.54 Å². The van der Waals surface area contributed by atoms with Gasteiger partial charge in [0.1, 0.15) is 0 Å². The van der Waals surface area contributed by atoms with Crippen molar-refractivity contribution in [1.29, 1.82) is 0 Å². The summed E-state index contributed by atoms with van der Waals surface area (Å²) in [6.07, 6.45) is 0.729. The van der Waals surface area contributed by atoms with Gasteiger partial charge in [-0.25, -0.2) is 0 Å². The summed E-state index contributed by atoms with van der Waals surface area (Å²) in [6.45, 7) is 5.32. The average molecular weight is 237 g/mol. The number of fused-ring (bicyclic) bond motifs is 1. The summed E-state index contributed by atoms with van der Waals surface area (Å²) in [5.74, 6) is 1.61. The first kappa shape index (κ1) is 12.2. The fourth-order valence-electron chi connectivity index (χ4n) is 1.72. The second-order valence-corrected chi connectivity index (χ2v) is 4.60. The van der Waals surface area contributed by atoms with Crippen LogP contribution in [0, 0.1) is 0 Å². The quantitative estimate of drug-likeness (QED) is 0.818. The molecule has 4 heteroatoms. The normalized spacial score (nSPS) is 16.9. The zero-order valence-electron chi connectivity index (χ0n) is 10.3. The Morgan fingerprint density at radius 3 is 3.00 bits per heavy atom. The van der Waals surface area contributed by atoms with Gasteiger partial charge in [-0.2, -0.15) is 0 Å². The number of hydrogen-bond donors (Lipinski definition) is 2. The minimum Gasteiger partial charge on any atom is -0.454 e. The third-order valence-electron chi connectivity index (χ3n) is 3.06. The third kappa shape index (κ3) is 2.90. The summed E-state index contributed by atoms with van der Waals surface area (Å²) in [4.78, 5) is 0. The molecule has 0 spiro atoms. The molecule has 1 atom stereocenters. The first-order valence-corrected chi connectivity index (χ1v) is 5.93. The molecule has 0 amide bonds. The molecule has 0 aromatic heterocycles. The molecule has 0 bridgehead atoms. The Bertz CT molecular complexity index is 390. The molecule has 1 aliphatic rings. The lowest BCUT2D eigenvalue weighted by Gasteiger charge is -2.21. The van der Waals surface area contributed by atoms with E-state index in [9.17, 15) is 5.11 Å². The van der Waals surface area contributed by atoms with Crippen molar-refractivity contribution >= 4 is 0 Å². The summed E-state index contributed by atoms with van der Waals surface area (Å²) in [5.41, 5.74) is 0.405. The van der Waals surface area contributed by atoms with Gasteiger partial charge in [0, 0.05) is 18.7 Å². The van der Waals surface area contributed by atoms with Gasteiger partial charge in [0.15, 0.2) is 11.5 Å². The van der Waals surface area contributed by atoms with Crippen molar-refractivity contribution in [2.24, 2.45) is 0 Å². The van der Waals surface area contributed by atoms with Crippen LogP contribution in [0.5, 0.6) is 11.5 Å². The van der Waals surface area contributed by atoms with Crippen molar-refractivity contribution in [1.82, 2.24) is 5.32 Å². The van der Waals surface area contributed by atoms with Gasteiger partial charge in [0.2, 0.25) is 6.79 Å². The van der Waals surface area contributed by atoms with Gasteiger partial charge in [-0.05, 0) is 19.4 Å². The van der Waals surface area contributed by atoms with E-state index in [1.807, 2.05) is 32.0 Å². The number of aliphatic hydroxyl groups is 1. The van der Waals surface area contributed by atoms with Gasteiger partial charge in [0.05, 0.1) is 5.60 Å². The Labute approximate surface area is 102 Å². The molecule has 2 N–H and O–H groups in total. The molecule has 0 saturated heterocycles. The van der Waals surface area contributed by atoms with Gasteiger partial charge < -0.3 is 19.9 Å². The van der Waals surface area contributed by atoms with E-state index in [1.54, 1.807) is 0 Å². The Kier molecular flexibility index (Phi) is 3.54. The highest BCUT2D eigenvalue weighted by atomic mass is 16.7. The zero-order valence-corrected chi connectivity index (χ0v) is 10.3. The largest absolute Gasteiger partial charge is 0.454 e. The highest BCUT2D eigenvalue weighted by molar-refractivity contribution is 5.48. The molecule has 17 heavy (non-hydrogen) atoms. The third-order valence-corrected chi connectivity index (χ3v) is 3.06. The lowest BCUT2D eigenvalue weighted by molar-refractivity contribution is 0.0555. The minimum atomic E-state index is -0.657. The van der Waals surface area contributed by atoms with Gasteiger partial charge in [-0.3, -0.25) is 0 Å². The van der Waals surface area contributed by atoms with Crippen LogP contribution in [0.2, 0.25) is 0 Å². The molecule has 1 aromatic carbocycles. The predicted molar refractivity (Wildman–Crippen MR) is 65.2 cm³/mol. The van der Waals surface area contributed by atoms with E-state index in [2.05, 4.69) is 5.32 Å². The number of nitrogens with one attached hydrogen (secondary N) is 1. The van der Waals surface area contributed by atoms with E-state index in [0.717, 1.165) is 23.5 Å². The van der Waals surface area contributed by atoms with Crippen LogP contribution in [0.1, 0.15) is 25.8 Å². The lowest BCUT2D eigenvalue weighted by atomic mass is 10.0. The maximum absolute atomic E-state index is 9.88. The van der Waals surface area contributed by atoms with E-state index in [1.165, 1.54) is 0 Å². The molecule has 1 unspecified atom stereocenters. The standard InChI is InChI=1S/C13H19NO3/c1-3-13(2,15)8-14-7-10-5-4-6-11-12(10)17-9-16-11/h4-6,14-15H,3,7-9H2,1-2H3. The van der Waals surface area contributed by atoms with Crippen LogP contribution in [0.25, 0.3) is 0 Å². The van der Waals surface area contributed by atoms with E-state index in [4.69, 9.17) is 9.47 Å². The number of para-hydroxylation sites is 1.